The molecular formula is C9H12Ru+2. The fraction of sp³-hybridized carbons (Fsp3) is 0.333. The molecule has 1 aromatic rings. The first-order chi connectivity index (χ1) is 4.30. The largest absolute Gasteiger partial charge is 2.00 e. The van der Waals surface area contributed by atoms with Gasteiger partial charge in [0, 0.05) is 0 Å². The molecule has 54 valence electrons. The van der Waals surface area contributed by atoms with Crippen molar-refractivity contribution in [2.45, 2.75) is 19.8 Å². The Balaban J connectivity index is 0.000000810. The van der Waals surface area contributed by atoms with Crippen LogP contribution in [-0.4, -0.2) is 0 Å². The maximum absolute atomic E-state index is 2.20. The molecule has 0 heterocycles. The molecule has 0 fully saturated rings. The first-order valence-electron chi connectivity index (χ1n) is 3.35. The van der Waals surface area contributed by atoms with E-state index in [1.807, 2.05) is 6.07 Å². The molecule has 0 saturated heterocycles. The summed E-state index contributed by atoms with van der Waals surface area (Å²) in [6.45, 7) is 4.41. The summed E-state index contributed by atoms with van der Waals surface area (Å²) in [4.78, 5) is 0. The SMILES string of the molecule is CC(C)c1ccccc1.[Ru+2]. The second-order valence-electron chi connectivity index (χ2n) is 2.57. The maximum atomic E-state index is 2.20. The van der Waals surface area contributed by atoms with Crippen LogP contribution in [0.4, 0.5) is 0 Å². The molecule has 0 unspecified atom stereocenters. The molecule has 0 aliphatic rings. The molecule has 1 aromatic carbocycles. The van der Waals surface area contributed by atoms with Crippen LogP contribution in [0.25, 0.3) is 0 Å². The summed E-state index contributed by atoms with van der Waals surface area (Å²) < 4.78 is 0. The van der Waals surface area contributed by atoms with Crippen LogP contribution >= 0.6 is 0 Å². The fourth-order valence-electron chi connectivity index (χ4n) is 0.838. The Hall–Kier alpha value is -0.157. The summed E-state index contributed by atoms with van der Waals surface area (Å²) in [5.41, 5.74) is 1.41. The molecule has 0 aliphatic heterocycles. The quantitative estimate of drug-likeness (QED) is 0.640. The van der Waals surface area contributed by atoms with Crippen LogP contribution in [0.2, 0.25) is 0 Å². The first-order valence-corrected chi connectivity index (χ1v) is 3.35. The smallest absolute Gasteiger partial charge is 0.0622 e. The summed E-state index contributed by atoms with van der Waals surface area (Å²) >= 11 is 0. The van der Waals surface area contributed by atoms with Gasteiger partial charge in [-0.2, -0.15) is 0 Å². The third-order valence-corrected chi connectivity index (χ3v) is 1.47. The van der Waals surface area contributed by atoms with E-state index in [4.69, 9.17) is 0 Å². The van der Waals surface area contributed by atoms with Crippen molar-refractivity contribution in [2.24, 2.45) is 0 Å². The van der Waals surface area contributed by atoms with E-state index >= 15 is 0 Å². The third kappa shape index (κ3) is 2.62. The van der Waals surface area contributed by atoms with Crippen molar-refractivity contribution in [2.75, 3.05) is 0 Å². The minimum absolute atomic E-state index is 0. The molecule has 10 heavy (non-hydrogen) atoms. The van der Waals surface area contributed by atoms with Crippen LogP contribution in [-0.2, 0) is 19.5 Å². The molecule has 0 nitrogen and oxygen atoms in total. The average Bonchev–Trinajstić information content (AvgIpc) is 1.90. The standard InChI is InChI=1S/C9H12.Ru/c1-8(2)9-6-4-3-5-7-9;/h3-8H,1-2H3;/q;+2. The molecule has 0 saturated carbocycles. The van der Waals surface area contributed by atoms with Gasteiger partial charge in [-0.15, -0.1) is 0 Å². The Morgan fingerprint density at radius 2 is 1.50 bits per heavy atom. The minimum atomic E-state index is 0. The predicted octanol–water partition coefficient (Wildman–Crippen LogP) is 2.81. The van der Waals surface area contributed by atoms with Gasteiger partial charge >= 0.3 is 19.5 Å². The topological polar surface area (TPSA) is 0 Å². The molecule has 0 spiro atoms. The average molecular weight is 221 g/mol. The van der Waals surface area contributed by atoms with Crippen molar-refractivity contribution in [1.29, 1.82) is 0 Å². The molecule has 0 radical (unpaired) electrons. The van der Waals surface area contributed by atoms with E-state index in [1.54, 1.807) is 0 Å². The Morgan fingerprint density at radius 3 is 1.80 bits per heavy atom. The number of hydrogen-bond acceptors (Lipinski definition) is 0. The number of benzene rings is 1. The predicted molar refractivity (Wildman–Crippen MR) is 40.5 cm³/mol. The molecule has 0 N–H and O–H groups in total. The van der Waals surface area contributed by atoms with Gasteiger partial charge in [0.15, 0.2) is 0 Å². The number of hydrogen-bond donors (Lipinski definition) is 0. The molecule has 0 aromatic heterocycles. The van der Waals surface area contributed by atoms with Crippen molar-refractivity contribution < 1.29 is 19.5 Å². The van der Waals surface area contributed by atoms with E-state index in [0.29, 0.717) is 5.92 Å². The molecule has 1 rings (SSSR count). The van der Waals surface area contributed by atoms with Crippen molar-refractivity contribution >= 4 is 0 Å². The van der Waals surface area contributed by atoms with E-state index in [2.05, 4.69) is 38.1 Å². The Bertz CT molecular complexity index is 167. The van der Waals surface area contributed by atoms with Gasteiger partial charge in [0.05, 0.1) is 0 Å². The van der Waals surface area contributed by atoms with E-state index in [-0.39, 0.29) is 19.5 Å². The third-order valence-electron chi connectivity index (χ3n) is 1.47. The van der Waals surface area contributed by atoms with Gasteiger partial charge in [0.2, 0.25) is 0 Å². The van der Waals surface area contributed by atoms with Crippen LogP contribution in [0.1, 0.15) is 25.3 Å². The van der Waals surface area contributed by atoms with Crippen LogP contribution in [0, 0.1) is 0 Å². The Labute approximate surface area is 75.4 Å². The first kappa shape index (κ1) is 9.84. The van der Waals surface area contributed by atoms with E-state index in [1.165, 1.54) is 5.56 Å². The molecule has 1 heteroatoms. The van der Waals surface area contributed by atoms with Gasteiger partial charge in [-0.25, -0.2) is 0 Å². The zero-order valence-electron chi connectivity index (χ0n) is 6.32. The molecule has 0 atom stereocenters. The second-order valence-corrected chi connectivity index (χ2v) is 2.57. The fourth-order valence-corrected chi connectivity index (χ4v) is 0.838. The molecule has 0 bridgehead atoms. The zero-order valence-corrected chi connectivity index (χ0v) is 8.06. The summed E-state index contributed by atoms with van der Waals surface area (Å²) in [6, 6.07) is 10.5. The normalized spacial score (nSPS) is 9.10. The zero-order chi connectivity index (χ0) is 6.69. The van der Waals surface area contributed by atoms with Gasteiger partial charge in [-0.05, 0) is 11.5 Å². The van der Waals surface area contributed by atoms with Crippen LogP contribution in [0.15, 0.2) is 30.3 Å². The Kier molecular flexibility index (Phi) is 4.55. The van der Waals surface area contributed by atoms with E-state index < -0.39 is 0 Å². The number of rotatable bonds is 1. The van der Waals surface area contributed by atoms with E-state index in [9.17, 15) is 0 Å². The van der Waals surface area contributed by atoms with Crippen molar-refractivity contribution in [3.8, 4) is 0 Å². The minimum Gasteiger partial charge on any atom is -0.0622 e. The van der Waals surface area contributed by atoms with Crippen molar-refractivity contribution in [1.82, 2.24) is 0 Å². The second kappa shape index (κ2) is 4.63. The van der Waals surface area contributed by atoms with Gasteiger partial charge in [0.25, 0.3) is 0 Å². The maximum Gasteiger partial charge on any atom is 2.00 e. The van der Waals surface area contributed by atoms with Gasteiger partial charge < -0.3 is 0 Å². The summed E-state index contributed by atoms with van der Waals surface area (Å²) in [5.74, 6) is 0.659. The monoisotopic (exact) mass is 222 g/mol. The molecular weight excluding hydrogens is 209 g/mol. The van der Waals surface area contributed by atoms with Crippen LogP contribution in [0.5, 0.6) is 0 Å². The summed E-state index contributed by atoms with van der Waals surface area (Å²) in [6.07, 6.45) is 0. The molecule has 0 aliphatic carbocycles. The van der Waals surface area contributed by atoms with Gasteiger partial charge in [-0.3, -0.25) is 0 Å². The summed E-state index contributed by atoms with van der Waals surface area (Å²) in [5, 5.41) is 0. The van der Waals surface area contributed by atoms with Gasteiger partial charge in [0.1, 0.15) is 0 Å². The van der Waals surface area contributed by atoms with Crippen LogP contribution < -0.4 is 0 Å². The van der Waals surface area contributed by atoms with Crippen molar-refractivity contribution in [3.63, 3.8) is 0 Å². The van der Waals surface area contributed by atoms with Crippen molar-refractivity contribution in [3.05, 3.63) is 35.9 Å². The summed E-state index contributed by atoms with van der Waals surface area (Å²) in [7, 11) is 0. The van der Waals surface area contributed by atoms with Crippen LogP contribution in [0.3, 0.4) is 0 Å². The molecule has 0 amide bonds. The van der Waals surface area contributed by atoms with E-state index in [0.717, 1.165) is 0 Å². The van der Waals surface area contributed by atoms with Gasteiger partial charge in [-0.1, -0.05) is 44.2 Å². The Morgan fingerprint density at radius 1 is 1.00 bits per heavy atom.